The number of thiazole rings is 1. The van der Waals surface area contributed by atoms with Crippen molar-refractivity contribution in [3.8, 4) is 11.1 Å². The maximum Gasteiger partial charge on any atom is 0.247 e. The highest BCUT2D eigenvalue weighted by Crippen LogP contribution is 2.32. The minimum absolute atomic E-state index is 0.235. The Labute approximate surface area is 215 Å². The first kappa shape index (κ1) is 24.2. The van der Waals surface area contributed by atoms with Gasteiger partial charge in [-0.05, 0) is 72.9 Å². The van der Waals surface area contributed by atoms with Gasteiger partial charge in [-0.1, -0.05) is 18.7 Å². The number of rotatable bonds is 8. The molecule has 0 atom stereocenters. The van der Waals surface area contributed by atoms with Gasteiger partial charge in [0.05, 0.1) is 0 Å². The molecule has 0 radical (unpaired) electrons. The van der Waals surface area contributed by atoms with Crippen molar-refractivity contribution in [1.29, 1.82) is 0 Å². The van der Waals surface area contributed by atoms with E-state index in [0.717, 1.165) is 78.1 Å². The van der Waals surface area contributed by atoms with Crippen LogP contribution < -0.4 is 10.6 Å². The summed E-state index contributed by atoms with van der Waals surface area (Å²) in [6.45, 7) is 9.72. The van der Waals surface area contributed by atoms with Gasteiger partial charge in [-0.2, -0.15) is 0 Å². The number of benzene rings is 2. The zero-order chi connectivity index (χ0) is 25.1. The fourth-order valence-electron chi connectivity index (χ4n) is 4.50. The normalized spacial score (nSPS) is 16.0. The largest absolute Gasteiger partial charge is 0.340 e. The van der Waals surface area contributed by atoms with Gasteiger partial charge in [-0.3, -0.25) is 14.5 Å². The van der Waals surface area contributed by atoms with Crippen LogP contribution in [-0.2, 0) is 16.1 Å². The van der Waals surface area contributed by atoms with E-state index in [4.69, 9.17) is 0 Å². The molecule has 1 saturated heterocycles. The van der Waals surface area contributed by atoms with Crippen LogP contribution in [-0.4, -0.2) is 52.8 Å². The molecule has 1 aromatic heterocycles. The Morgan fingerprint density at radius 1 is 1.08 bits per heavy atom. The number of carbonyl (C=O) groups is 2. The summed E-state index contributed by atoms with van der Waals surface area (Å²) in [4.78, 5) is 34.3. The van der Waals surface area contributed by atoms with E-state index in [2.05, 4.69) is 45.3 Å². The minimum Gasteiger partial charge on any atom is -0.340 e. The number of amides is 2. The summed E-state index contributed by atoms with van der Waals surface area (Å²) in [5.74, 6) is 0.385. The number of hydrogen-bond donors (Lipinski definition) is 2. The summed E-state index contributed by atoms with van der Waals surface area (Å²) in [6, 6.07) is 14.3. The van der Waals surface area contributed by atoms with Crippen molar-refractivity contribution in [2.45, 2.75) is 26.3 Å². The molecule has 36 heavy (non-hydrogen) atoms. The van der Waals surface area contributed by atoms with E-state index < -0.39 is 0 Å². The molecule has 3 aromatic rings. The van der Waals surface area contributed by atoms with Crippen LogP contribution in [0, 0.1) is 12.8 Å². The zero-order valence-corrected chi connectivity index (χ0v) is 21.3. The lowest BCUT2D eigenvalue weighted by molar-refractivity contribution is -0.134. The Hall–Kier alpha value is -3.49. The molecule has 2 aromatic carbocycles. The first-order valence-electron chi connectivity index (χ1n) is 12.4. The Morgan fingerprint density at radius 2 is 1.86 bits per heavy atom. The number of anilines is 3. The highest BCUT2D eigenvalue weighted by atomic mass is 32.1. The summed E-state index contributed by atoms with van der Waals surface area (Å²) in [5, 5.41) is 7.16. The molecule has 1 aliphatic heterocycles. The predicted octanol–water partition coefficient (Wildman–Crippen LogP) is 5.04. The molecular weight excluding hydrogens is 470 g/mol. The van der Waals surface area contributed by atoms with Crippen molar-refractivity contribution < 1.29 is 9.59 Å². The predicted molar refractivity (Wildman–Crippen MR) is 145 cm³/mol. The minimum atomic E-state index is -0.235. The van der Waals surface area contributed by atoms with E-state index in [1.165, 1.54) is 11.6 Å². The number of hydrogen-bond acceptors (Lipinski definition) is 6. The molecule has 2 N–H and O–H groups in total. The Bertz CT molecular complexity index is 1270. The van der Waals surface area contributed by atoms with Gasteiger partial charge in [0, 0.05) is 61.1 Å². The monoisotopic (exact) mass is 501 g/mol. The lowest BCUT2D eigenvalue weighted by Crippen LogP contribution is -2.48. The second-order valence-corrected chi connectivity index (χ2v) is 10.7. The van der Waals surface area contributed by atoms with E-state index in [1.54, 1.807) is 11.3 Å². The van der Waals surface area contributed by atoms with E-state index in [1.807, 2.05) is 42.3 Å². The summed E-state index contributed by atoms with van der Waals surface area (Å²) in [5.41, 5.74) is 4.95. The molecule has 2 heterocycles. The standard InChI is InChI=1S/C28H31N5O2S/c1-3-26(34)30-24-6-4-5-22(15-24)23-13-20(14-25(16-23)31-28-29-17-19(2)36-28)18-32-9-11-33(12-10-32)27(35)21-7-8-21/h3-6,13-17,21H,1,7-12,18H2,2H3,(H,29,31)(H,30,34). The van der Waals surface area contributed by atoms with Gasteiger partial charge >= 0.3 is 0 Å². The van der Waals surface area contributed by atoms with Gasteiger partial charge in [0.15, 0.2) is 5.13 Å². The fourth-order valence-corrected chi connectivity index (χ4v) is 5.19. The first-order valence-corrected chi connectivity index (χ1v) is 13.2. The highest BCUT2D eigenvalue weighted by molar-refractivity contribution is 7.15. The number of piperazine rings is 1. The third-order valence-corrected chi connectivity index (χ3v) is 7.36. The molecule has 2 fully saturated rings. The molecule has 2 amide bonds. The summed E-state index contributed by atoms with van der Waals surface area (Å²) < 4.78 is 0. The Kier molecular flexibility index (Phi) is 7.16. The van der Waals surface area contributed by atoms with Gasteiger partial charge < -0.3 is 15.5 Å². The average molecular weight is 502 g/mol. The molecule has 2 aliphatic rings. The van der Waals surface area contributed by atoms with Gasteiger partial charge in [0.2, 0.25) is 11.8 Å². The number of nitrogens with one attached hydrogen (secondary N) is 2. The van der Waals surface area contributed by atoms with Crippen LogP contribution >= 0.6 is 11.3 Å². The van der Waals surface area contributed by atoms with Gasteiger partial charge in [0.25, 0.3) is 0 Å². The van der Waals surface area contributed by atoms with Crippen LogP contribution in [0.15, 0.2) is 61.3 Å². The van der Waals surface area contributed by atoms with Crippen molar-refractivity contribution >= 4 is 39.7 Å². The second-order valence-electron chi connectivity index (χ2n) is 9.47. The van der Waals surface area contributed by atoms with Crippen LogP contribution in [0.2, 0.25) is 0 Å². The maximum absolute atomic E-state index is 12.4. The third kappa shape index (κ3) is 6.01. The van der Waals surface area contributed by atoms with Crippen molar-refractivity contribution in [2.75, 3.05) is 36.8 Å². The molecule has 186 valence electrons. The van der Waals surface area contributed by atoms with E-state index in [9.17, 15) is 9.59 Å². The molecule has 5 rings (SSSR count). The van der Waals surface area contributed by atoms with E-state index >= 15 is 0 Å². The highest BCUT2D eigenvalue weighted by Gasteiger charge is 2.34. The van der Waals surface area contributed by atoms with Gasteiger partial charge in [0.1, 0.15) is 0 Å². The maximum atomic E-state index is 12.4. The summed E-state index contributed by atoms with van der Waals surface area (Å²) >= 11 is 1.62. The molecular formula is C28H31N5O2S. The molecule has 0 unspecified atom stereocenters. The quantitative estimate of drug-likeness (QED) is 0.423. The molecule has 1 aliphatic carbocycles. The number of aromatic nitrogens is 1. The Balaban J connectivity index is 1.37. The summed E-state index contributed by atoms with van der Waals surface area (Å²) in [7, 11) is 0. The lowest BCUT2D eigenvalue weighted by Gasteiger charge is -2.35. The number of aryl methyl sites for hydroxylation is 1. The van der Waals surface area contributed by atoms with Gasteiger partial charge in [-0.25, -0.2) is 4.98 Å². The average Bonchev–Trinajstić information content (AvgIpc) is 3.66. The summed E-state index contributed by atoms with van der Waals surface area (Å²) in [6.07, 6.45) is 5.24. The van der Waals surface area contributed by atoms with Crippen molar-refractivity contribution in [1.82, 2.24) is 14.8 Å². The first-order chi connectivity index (χ1) is 17.5. The van der Waals surface area contributed by atoms with Crippen LogP contribution in [0.25, 0.3) is 11.1 Å². The third-order valence-electron chi connectivity index (χ3n) is 6.53. The molecule has 0 bridgehead atoms. The topological polar surface area (TPSA) is 77.6 Å². The Morgan fingerprint density at radius 3 is 2.56 bits per heavy atom. The van der Waals surface area contributed by atoms with E-state index in [0.29, 0.717) is 5.91 Å². The van der Waals surface area contributed by atoms with Crippen molar-refractivity contribution in [3.63, 3.8) is 0 Å². The molecule has 1 saturated carbocycles. The molecule has 8 heteroatoms. The van der Waals surface area contributed by atoms with Crippen LogP contribution in [0.3, 0.4) is 0 Å². The smallest absolute Gasteiger partial charge is 0.247 e. The lowest BCUT2D eigenvalue weighted by atomic mass is 10.0. The van der Waals surface area contributed by atoms with Crippen LogP contribution in [0.1, 0.15) is 23.3 Å². The molecule has 7 nitrogen and oxygen atoms in total. The second kappa shape index (κ2) is 10.6. The van der Waals surface area contributed by atoms with Crippen LogP contribution in [0.5, 0.6) is 0 Å². The SMILES string of the molecule is C=CC(=O)Nc1cccc(-c2cc(CN3CCN(C(=O)C4CC4)CC3)cc(Nc3ncc(C)s3)c2)c1. The zero-order valence-electron chi connectivity index (χ0n) is 20.5. The van der Waals surface area contributed by atoms with Crippen molar-refractivity contribution in [2.24, 2.45) is 5.92 Å². The number of nitrogens with zero attached hydrogens (tertiary/aromatic N) is 3. The molecule has 0 spiro atoms. The van der Waals surface area contributed by atoms with Crippen molar-refractivity contribution in [3.05, 3.63) is 71.8 Å². The van der Waals surface area contributed by atoms with E-state index in [-0.39, 0.29) is 11.8 Å². The van der Waals surface area contributed by atoms with Gasteiger partial charge in [-0.15, -0.1) is 11.3 Å². The van der Waals surface area contributed by atoms with Crippen LogP contribution in [0.4, 0.5) is 16.5 Å². The number of carbonyl (C=O) groups excluding carboxylic acids is 2. The fraction of sp³-hybridized carbons (Fsp3) is 0.321.